The molecule has 3 atom stereocenters. The first-order valence-electron chi connectivity index (χ1n) is 8.55. The number of hydrogen-bond donors (Lipinski definition) is 0. The highest BCUT2D eigenvalue weighted by molar-refractivity contribution is 6.41. The van der Waals surface area contributed by atoms with Crippen molar-refractivity contribution in [1.82, 2.24) is 0 Å². The fraction of sp³-hybridized carbons (Fsp3) is 0.500. The molecular formula is C20H22O3. The number of Topliss-reactive ketones (excluding diaryl/α,β-unsaturated/α-hetero) is 2. The van der Waals surface area contributed by atoms with E-state index in [4.69, 9.17) is 4.74 Å². The van der Waals surface area contributed by atoms with Crippen molar-refractivity contribution in [3.8, 4) is 5.75 Å². The zero-order valence-corrected chi connectivity index (χ0v) is 13.7. The van der Waals surface area contributed by atoms with Crippen LogP contribution in [0.1, 0.15) is 43.7 Å². The Hall–Kier alpha value is -1.90. The highest BCUT2D eigenvalue weighted by atomic mass is 16.5. The minimum atomic E-state index is -0.421. The molecule has 3 nitrogen and oxygen atoms in total. The number of methoxy groups -OCH3 is 1. The topological polar surface area (TPSA) is 43.4 Å². The van der Waals surface area contributed by atoms with Crippen LogP contribution in [-0.2, 0) is 16.0 Å². The molecule has 1 aromatic rings. The van der Waals surface area contributed by atoms with Gasteiger partial charge in [0.2, 0.25) is 5.78 Å². The SMILES string of the molecule is CC[C@]12CC=C3c4ccc(OC)cc4CC[C@H]3[C@H]1CC(=O)C2=O. The van der Waals surface area contributed by atoms with Crippen LogP contribution in [0.25, 0.3) is 5.57 Å². The Morgan fingerprint density at radius 1 is 1.30 bits per heavy atom. The summed E-state index contributed by atoms with van der Waals surface area (Å²) < 4.78 is 5.34. The van der Waals surface area contributed by atoms with Gasteiger partial charge in [-0.05, 0) is 66.4 Å². The van der Waals surface area contributed by atoms with Gasteiger partial charge in [0.1, 0.15) is 5.75 Å². The second-order valence-corrected chi connectivity index (χ2v) is 7.10. The van der Waals surface area contributed by atoms with Crippen LogP contribution in [0.2, 0.25) is 0 Å². The molecular weight excluding hydrogens is 288 g/mol. The molecule has 0 unspecified atom stereocenters. The summed E-state index contributed by atoms with van der Waals surface area (Å²) in [6, 6.07) is 6.28. The molecule has 1 saturated carbocycles. The van der Waals surface area contributed by atoms with Crippen LogP contribution in [0, 0.1) is 17.3 Å². The maximum absolute atomic E-state index is 12.5. The van der Waals surface area contributed by atoms with Gasteiger partial charge < -0.3 is 4.74 Å². The Bertz CT molecular complexity index is 730. The zero-order valence-electron chi connectivity index (χ0n) is 13.7. The minimum Gasteiger partial charge on any atom is -0.497 e. The molecule has 1 aromatic carbocycles. The van der Waals surface area contributed by atoms with Gasteiger partial charge in [0.25, 0.3) is 0 Å². The van der Waals surface area contributed by atoms with Crippen LogP contribution in [0.4, 0.5) is 0 Å². The molecule has 1 fully saturated rings. The van der Waals surface area contributed by atoms with Gasteiger partial charge in [-0.15, -0.1) is 0 Å². The number of ketones is 2. The summed E-state index contributed by atoms with van der Waals surface area (Å²) in [6.45, 7) is 2.06. The molecule has 0 saturated heterocycles. The lowest BCUT2D eigenvalue weighted by Crippen LogP contribution is -2.40. The molecule has 0 amide bonds. The lowest BCUT2D eigenvalue weighted by molar-refractivity contribution is -0.139. The first-order valence-corrected chi connectivity index (χ1v) is 8.55. The number of fused-ring (bicyclic) bond motifs is 5. The minimum absolute atomic E-state index is 0.110. The molecule has 0 radical (unpaired) electrons. The molecule has 0 bridgehead atoms. The predicted octanol–water partition coefficient (Wildman–Crippen LogP) is 3.60. The molecule has 0 heterocycles. The highest BCUT2D eigenvalue weighted by Crippen LogP contribution is 2.57. The predicted molar refractivity (Wildman–Crippen MR) is 88.2 cm³/mol. The first kappa shape index (κ1) is 14.7. The molecule has 4 rings (SSSR count). The van der Waals surface area contributed by atoms with Gasteiger partial charge in [0.15, 0.2) is 5.78 Å². The molecule has 0 aliphatic heterocycles. The molecule has 23 heavy (non-hydrogen) atoms. The first-order chi connectivity index (χ1) is 11.1. The Morgan fingerprint density at radius 2 is 2.13 bits per heavy atom. The number of rotatable bonds is 2. The number of allylic oxidation sites excluding steroid dienone is 2. The van der Waals surface area contributed by atoms with Crippen molar-refractivity contribution < 1.29 is 14.3 Å². The fourth-order valence-electron chi connectivity index (χ4n) is 5.10. The van der Waals surface area contributed by atoms with Gasteiger partial charge >= 0.3 is 0 Å². The van der Waals surface area contributed by atoms with E-state index in [0.717, 1.165) is 31.4 Å². The Labute approximate surface area is 136 Å². The summed E-state index contributed by atoms with van der Waals surface area (Å²) in [5, 5.41) is 0. The maximum Gasteiger partial charge on any atom is 0.205 e. The molecule has 0 N–H and O–H groups in total. The van der Waals surface area contributed by atoms with Crippen molar-refractivity contribution in [2.75, 3.05) is 7.11 Å². The number of ether oxygens (including phenoxy) is 1. The second-order valence-electron chi connectivity index (χ2n) is 7.10. The van der Waals surface area contributed by atoms with E-state index in [1.54, 1.807) is 7.11 Å². The van der Waals surface area contributed by atoms with Crippen molar-refractivity contribution in [3.63, 3.8) is 0 Å². The second kappa shape index (κ2) is 5.05. The number of benzene rings is 1. The Balaban J connectivity index is 1.79. The number of carbonyl (C=O) groups is 2. The summed E-state index contributed by atoms with van der Waals surface area (Å²) in [7, 11) is 1.69. The van der Waals surface area contributed by atoms with Crippen LogP contribution >= 0.6 is 0 Å². The van der Waals surface area contributed by atoms with E-state index in [2.05, 4.69) is 25.1 Å². The summed E-state index contributed by atoms with van der Waals surface area (Å²) in [6.07, 6.45) is 6.20. The van der Waals surface area contributed by atoms with Crippen molar-refractivity contribution in [1.29, 1.82) is 0 Å². The monoisotopic (exact) mass is 310 g/mol. The highest BCUT2D eigenvalue weighted by Gasteiger charge is 2.57. The fourth-order valence-corrected chi connectivity index (χ4v) is 5.10. The Kier molecular flexibility index (Phi) is 3.22. The summed E-state index contributed by atoms with van der Waals surface area (Å²) in [4.78, 5) is 24.6. The molecule has 0 aromatic heterocycles. The van der Waals surface area contributed by atoms with Gasteiger partial charge in [-0.2, -0.15) is 0 Å². The molecule has 120 valence electrons. The van der Waals surface area contributed by atoms with E-state index in [1.165, 1.54) is 16.7 Å². The standard InChI is InChI=1S/C20H22O3/c1-3-20-9-8-15-14-7-5-13(23-2)10-12(14)4-6-16(15)17(20)11-18(21)19(20)22/h5,7-8,10,16-17H,3-4,6,9,11H2,1-2H3/t16-,17-,20+/m1/s1. The molecule has 3 heteroatoms. The lowest BCUT2D eigenvalue weighted by atomic mass is 9.58. The van der Waals surface area contributed by atoms with Crippen molar-refractivity contribution >= 4 is 17.1 Å². The normalized spacial score (nSPS) is 32.0. The van der Waals surface area contributed by atoms with Gasteiger partial charge in [0, 0.05) is 11.8 Å². The van der Waals surface area contributed by atoms with Gasteiger partial charge in [0.05, 0.1) is 7.11 Å². The van der Waals surface area contributed by atoms with E-state index in [-0.39, 0.29) is 17.5 Å². The smallest absolute Gasteiger partial charge is 0.205 e. The summed E-state index contributed by atoms with van der Waals surface area (Å²) in [5.41, 5.74) is 3.55. The third-order valence-corrected chi connectivity index (χ3v) is 6.37. The van der Waals surface area contributed by atoms with Gasteiger partial charge in [-0.3, -0.25) is 9.59 Å². The summed E-state index contributed by atoms with van der Waals surface area (Å²) >= 11 is 0. The van der Waals surface area contributed by atoms with E-state index in [0.29, 0.717) is 12.3 Å². The van der Waals surface area contributed by atoms with Crippen LogP contribution in [0.3, 0.4) is 0 Å². The average Bonchev–Trinajstić information content (AvgIpc) is 2.85. The van der Waals surface area contributed by atoms with Crippen LogP contribution in [0.5, 0.6) is 5.75 Å². The van der Waals surface area contributed by atoms with Gasteiger partial charge in [-0.1, -0.05) is 19.1 Å². The number of aryl methyl sites for hydroxylation is 1. The van der Waals surface area contributed by atoms with E-state index in [9.17, 15) is 9.59 Å². The van der Waals surface area contributed by atoms with Crippen molar-refractivity contribution in [3.05, 3.63) is 35.4 Å². The van der Waals surface area contributed by atoms with Crippen molar-refractivity contribution in [2.24, 2.45) is 17.3 Å². The van der Waals surface area contributed by atoms with Gasteiger partial charge in [-0.25, -0.2) is 0 Å². The Morgan fingerprint density at radius 3 is 2.87 bits per heavy atom. The zero-order chi connectivity index (χ0) is 16.2. The average molecular weight is 310 g/mol. The van der Waals surface area contributed by atoms with E-state index < -0.39 is 5.41 Å². The van der Waals surface area contributed by atoms with Crippen molar-refractivity contribution in [2.45, 2.75) is 39.0 Å². The van der Waals surface area contributed by atoms with Crippen LogP contribution < -0.4 is 4.74 Å². The van der Waals surface area contributed by atoms with Crippen LogP contribution in [0.15, 0.2) is 24.3 Å². The third kappa shape index (κ3) is 1.89. The van der Waals surface area contributed by atoms with E-state index >= 15 is 0 Å². The molecule has 3 aliphatic carbocycles. The number of carbonyl (C=O) groups excluding carboxylic acids is 2. The molecule has 0 spiro atoms. The largest absolute Gasteiger partial charge is 0.497 e. The molecule has 3 aliphatic rings. The quantitative estimate of drug-likeness (QED) is 0.784. The van der Waals surface area contributed by atoms with Crippen LogP contribution in [-0.4, -0.2) is 18.7 Å². The summed E-state index contributed by atoms with van der Waals surface area (Å²) in [5.74, 6) is 1.18. The third-order valence-electron chi connectivity index (χ3n) is 6.37. The maximum atomic E-state index is 12.5. The number of hydrogen-bond acceptors (Lipinski definition) is 3. The lowest BCUT2D eigenvalue weighted by Gasteiger charge is -2.44. The van der Waals surface area contributed by atoms with E-state index in [1.807, 2.05) is 6.07 Å².